The lowest BCUT2D eigenvalue weighted by Gasteiger charge is -2.36. The Morgan fingerprint density at radius 2 is 2.00 bits per heavy atom. The van der Waals surface area contributed by atoms with Crippen LogP contribution in [0.2, 0.25) is 0 Å². The highest BCUT2D eigenvalue weighted by Crippen LogP contribution is 2.24. The molecule has 2 rings (SSSR count). The van der Waals surface area contributed by atoms with E-state index in [0.717, 1.165) is 44.1 Å². The van der Waals surface area contributed by atoms with Gasteiger partial charge in [0.2, 0.25) is 5.91 Å². The van der Waals surface area contributed by atoms with Crippen molar-refractivity contribution >= 4 is 11.9 Å². The van der Waals surface area contributed by atoms with Crippen molar-refractivity contribution in [3.63, 3.8) is 0 Å². The van der Waals surface area contributed by atoms with Crippen LogP contribution in [0.15, 0.2) is 24.3 Å². The van der Waals surface area contributed by atoms with Crippen LogP contribution >= 0.6 is 0 Å². The summed E-state index contributed by atoms with van der Waals surface area (Å²) < 4.78 is 0. The number of aliphatic hydroxyl groups is 1. The molecule has 6 heteroatoms. The van der Waals surface area contributed by atoms with E-state index in [1.54, 1.807) is 6.07 Å². The molecular formula is C23H32N2O4. The van der Waals surface area contributed by atoms with Crippen molar-refractivity contribution in [1.82, 2.24) is 4.90 Å². The van der Waals surface area contributed by atoms with E-state index in [0.29, 0.717) is 37.8 Å². The standard InChI is InChI=1S/C23H32N2O4/c24-17-19-9-5-4-8-18(19)16-21(26)14-13-20-10-7-11-22(27)25(20)15-6-2-1-3-12-23(28)29/h4-5,8-9,20-21,26H,1-3,6-7,10-16H2,(H,28,29)/t20-,21?/m1/s1. The minimum absolute atomic E-state index is 0.163. The number of carboxylic acids is 1. The Balaban J connectivity index is 1.78. The number of carbonyl (C=O) groups is 2. The van der Waals surface area contributed by atoms with Gasteiger partial charge in [0.1, 0.15) is 0 Å². The van der Waals surface area contributed by atoms with Gasteiger partial charge in [-0.2, -0.15) is 5.26 Å². The van der Waals surface area contributed by atoms with Crippen molar-refractivity contribution < 1.29 is 19.8 Å². The number of amides is 1. The highest BCUT2D eigenvalue weighted by atomic mass is 16.4. The van der Waals surface area contributed by atoms with E-state index in [9.17, 15) is 20.0 Å². The molecule has 0 bridgehead atoms. The van der Waals surface area contributed by atoms with Gasteiger partial charge < -0.3 is 15.1 Å². The summed E-state index contributed by atoms with van der Waals surface area (Å²) in [5, 5.41) is 28.3. The summed E-state index contributed by atoms with van der Waals surface area (Å²) in [5.74, 6) is -0.566. The van der Waals surface area contributed by atoms with E-state index < -0.39 is 12.1 Å². The van der Waals surface area contributed by atoms with Gasteiger partial charge in [-0.25, -0.2) is 0 Å². The second kappa shape index (κ2) is 12.2. The maximum atomic E-state index is 12.4. The smallest absolute Gasteiger partial charge is 0.303 e. The zero-order chi connectivity index (χ0) is 21.1. The predicted molar refractivity (Wildman–Crippen MR) is 110 cm³/mol. The summed E-state index contributed by atoms with van der Waals surface area (Å²) in [6.45, 7) is 0.712. The minimum atomic E-state index is -0.757. The van der Waals surface area contributed by atoms with Gasteiger partial charge in [-0.3, -0.25) is 9.59 Å². The number of nitriles is 1. The molecule has 1 saturated heterocycles. The molecule has 0 radical (unpaired) electrons. The Bertz CT molecular complexity index is 713. The van der Waals surface area contributed by atoms with Gasteiger partial charge >= 0.3 is 5.97 Å². The van der Waals surface area contributed by atoms with E-state index in [-0.39, 0.29) is 18.4 Å². The second-order valence-corrected chi connectivity index (χ2v) is 7.90. The minimum Gasteiger partial charge on any atom is -0.481 e. The SMILES string of the molecule is N#Cc1ccccc1CC(O)CC[C@H]1CCCC(=O)N1CCCCCCC(=O)O. The molecule has 1 aromatic rings. The van der Waals surface area contributed by atoms with E-state index in [1.807, 2.05) is 23.1 Å². The Morgan fingerprint density at radius 3 is 2.76 bits per heavy atom. The molecule has 2 N–H and O–H groups in total. The van der Waals surface area contributed by atoms with Crippen LogP contribution in [0.5, 0.6) is 0 Å². The third-order valence-electron chi connectivity index (χ3n) is 5.66. The maximum Gasteiger partial charge on any atom is 0.303 e. The van der Waals surface area contributed by atoms with Crippen LogP contribution in [-0.2, 0) is 16.0 Å². The normalized spacial score (nSPS) is 17.7. The molecule has 2 atom stereocenters. The summed E-state index contributed by atoms with van der Waals surface area (Å²) in [4.78, 5) is 24.9. The first-order valence-electron chi connectivity index (χ1n) is 10.7. The molecule has 1 aliphatic rings. The van der Waals surface area contributed by atoms with E-state index >= 15 is 0 Å². The van der Waals surface area contributed by atoms with Crippen molar-refractivity contribution in [2.45, 2.75) is 82.8 Å². The van der Waals surface area contributed by atoms with Crippen molar-refractivity contribution in [2.75, 3.05) is 6.54 Å². The molecule has 0 aliphatic carbocycles. The molecule has 1 unspecified atom stereocenters. The molecule has 1 fully saturated rings. The fraction of sp³-hybridized carbons (Fsp3) is 0.609. The van der Waals surface area contributed by atoms with Gasteiger partial charge in [0, 0.05) is 25.4 Å². The third-order valence-corrected chi connectivity index (χ3v) is 5.66. The van der Waals surface area contributed by atoms with Gasteiger partial charge in [0.15, 0.2) is 0 Å². The van der Waals surface area contributed by atoms with Crippen LogP contribution in [0, 0.1) is 11.3 Å². The first kappa shape index (κ1) is 22.9. The average molecular weight is 401 g/mol. The molecule has 0 saturated carbocycles. The first-order valence-corrected chi connectivity index (χ1v) is 10.7. The largest absolute Gasteiger partial charge is 0.481 e. The van der Waals surface area contributed by atoms with Crippen LogP contribution in [0.1, 0.15) is 75.3 Å². The topological polar surface area (TPSA) is 102 Å². The number of hydrogen-bond donors (Lipinski definition) is 2. The van der Waals surface area contributed by atoms with Gasteiger partial charge in [0.05, 0.1) is 17.7 Å². The molecule has 1 heterocycles. The summed E-state index contributed by atoms with van der Waals surface area (Å²) in [5.41, 5.74) is 1.46. The second-order valence-electron chi connectivity index (χ2n) is 7.90. The maximum absolute atomic E-state index is 12.4. The Kier molecular flexibility index (Phi) is 9.66. The molecule has 1 aliphatic heterocycles. The molecular weight excluding hydrogens is 368 g/mol. The highest BCUT2D eigenvalue weighted by Gasteiger charge is 2.27. The zero-order valence-electron chi connectivity index (χ0n) is 17.1. The zero-order valence-corrected chi connectivity index (χ0v) is 17.1. The van der Waals surface area contributed by atoms with E-state index in [2.05, 4.69) is 6.07 Å². The van der Waals surface area contributed by atoms with Crippen LogP contribution in [0.25, 0.3) is 0 Å². The fourth-order valence-corrected chi connectivity index (χ4v) is 4.06. The Morgan fingerprint density at radius 1 is 1.24 bits per heavy atom. The molecule has 158 valence electrons. The molecule has 6 nitrogen and oxygen atoms in total. The number of nitrogens with zero attached hydrogens (tertiary/aromatic N) is 2. The number of carbonyl (C=O) groups excluding carboxylic acids is 1. The van der Waals surface area contributed by atoms with Crippen molar-refractivity contribution in [3.05, 3.63) is 35.4 Å². The number of likely N-dealkylation sites (tertiary alicyclic amines) is 1. The van der Waals surface area contributed by atoms with Crippen molar-refractivity contribution in [3.8, 4) is 6.07 Å². The number of aliphatic carboxylic acids is 1. The van der Waals surface area contributed by atoms with Gasteiger partial charge in [-0.05, 0) is 56.6 Å². The lowest BCUT2D eigenvalue weighted by Crippen LogP contribution is -2.44. The lowest BCUT2D eigenvalue weighted by atomic mass is 9.93. The first-order chi connectivity index (χ1) is 14.0. The molecule has 0 spiro atoms. The van der Waals surface area contributed by atoms with Crippen LogP contribution in [-0.4, -0.2) is 45.7 Å². The summed E-state index contributed by atoms with van der Waals surface area (Å²) in [7, 11) is 0. The number of hydrogen-bond acceptors (Lipinski definition) is 4. The van der Waals surface area contributed by atoms with Gasteiger partial charge in [-0.1, -0.05) is 31.0 Å². The van der Waals surface area contributed by atoms with Crippen LogP contribution in [0.3, 0.4) is 0 Å². The van der Waals surface area contributed by atoms with E-state index in [1.165, 1.54) is 0 Å². The van der Waals surface area contributed by atoms with Gasteiger partial charge in [0.25, 0.3) is 0 Å². The predicted octanol–water partition coefficient (Wildman–Crippen LogP) is 3.66. The summed E-state index contributed by atoms with van der Waals surface area (Å²) >= 11 is 0. The molecule has 1 aromatic carbocycles. The van der Waals surface area contributed by atoms with Crippen molar-refractivity contribution in [1.29, 1.82) is 5.26 Å². The molecule has 1 amide bonds. The number of piperidine rings is 1. The van der Waals surface area contributed by atoms with Crippen LogP contribution < -0.4 is 0 Å². The number of benzene rings is 1. The number of rotatable bonds is 12. The highest BCUT2D eigenvalue weighted by molar-refractivity contribution is 5.77. The van der Waals surface area contributed by atoms with Gasteiger partial charge in [-0.15, -0.1) is 0 Å². The lowest BCUT2D eigenvalue weighted by molar-refractivity contribution is -0.137. The Hall–Kier alpha value is -2.39. The van der Waals surface area contributed by atoms with E-state index in [4.69, 9.17) is 5.11 Å². The monoisotopic (exact) mass is 400 g/mol. The molecule has 29 heavy (non-hydrogen) atoms. The van der Waals surface area contributed by atoms with Crippen LogP contribution in [0.4, 0.5) is 0 Å². The third kappa shape index (κ3) is 7.86. The summed E-state index contributed by atoms with van der Waals surface area (Å²) in [6, 6.07) is 9.67. The average Bonchev–Trinajstić information content (AvgIpc) is 2.70. The number of aliphatic hydroxyl groups excluding tert-OH is 1. The summed E-state index contributed by atoms with van der Waals surface area (Å²) in [6.07, 6.45) is 7.32. The molecule has 0 aromatic heterocycles. The number of unbranched alkanes of at least 4 members (excludes halogenated alkanes) is 3. The fourth-order valence-electron chi connectivity index (χ4n) is 4.06. The quantitative estimate of drug-likeness (QED) is 0.521. The number of carboxylic acid groups (broad SMARTS) is 1. The van der Waals surface area contributed by atoms with Crippen molar-refractivity contribution in [2.24, 2.45) is 0 Å². The Labute approximate surface area is 173 Å².